The number of benzene rings is 1. The van der Waals surface area contributed by atoms with E-state index in [0.717, 1.165) is 12.8 Å². The quantitative estimate of drug-likeness (QED) is 0.916. The summed E-state index contributed by atoms with van der Waals surface area (Å²) >= 11 is 0. The number of rotatable bonds is 4. The highest BCUT2D eigenvalue weighted by molar-refractivity contribution is 7.89. The molecule has 0 spiro atoms. The fourth-order valence-corrected chi connectivity index (χ4v) is 3.95. The van der Waals surface area contributed by atoms with Gasteiger partial charge in [0.1, 0.15) is 5.82 Å². The van der Waals surface area contributed by atoms with Crippen LogP contribution in [0.4, 0.5) is 4.39 Å². The third kappa shape index (κ3) is 2.80. The fourth-order valence-electron chi connectivity index (χ4n) is 2.37. The third-order valence-electron chi connectivity index (χ3n) is 3.70. The van der Waals surface area contributed by atoms with Crippen LogP contribution in [0, 0.1) is 11.7 Å². The number of hydrogen-bond acceptors (Lipinski definition) is 3. The molecule has 1 aliphatic heterocycles. The van der Waals surface area contributed by atoms with Crippen molar-refractivity contribution in [3.05, 3.63) is 29.6 Å². The van der Waals surface area contributed by atoms with Crippen molar-refractivity contribution in [2.24, 2.45) is 11.7 Å². The SMILES string of the molecule is CCC1CCN(S(=O)(=O)c2ccc(F)c(CN)c2)C1. The summed E-state index contributed by atoms with van der Waals surface area (Å²) in [5.74, 6) is -0.0430. The summed E-state index contributed by atoms with van der Waals surface area (Å²) in [4.78, 5) is 0.131. The van der Waals surface area contributed by atoms with Gasteiger partial charge < -0.3 is 5.73 Å². The number of hydrogen-bond donors (Lipinski definition) is 1. The molecule has 1 aromatic rings. The van der Waals surface area contributed by atoms with Crippen LogP contribution in [-0.2, 0) is 16.6 Å². The number of nitrogens with two attached hydrogens (primary N) is 1. The van der Waals surface area contributed by atoms with Gasteiger partial charge in [-0.1, -0.05) is 13.3 Å². The highest BCUT2D eigenvalue weighted by Crippen LogP contribution is 2.26. The van der Waals surface area contributed by atoms with Crippen LogP contribution in [0.2, 0.25) is 0 Å². The van der Waals surface area contributed by atoms with Crippen LogP contribution in [-0.4, -0.2) is 25.8 Å². The van der Waals surface area contributed by atoms with E-state index in [0.29, 0.717) is 19.0 Å². The molecule has 0 aliphatic carbocycles. The summed E-state index contributed by atoms with van der Waals surface area (Å²) in [6.45, 7) is 3.14. The molecule has 2 N–H and O–H groups in total. The molecule has 0 saturated carbocycles. The van der Waals surface area contributed by atoms with Crippen LogP contribution < -0.4 is 5.73 Å². The summed E-state index contributed by atoms with van der Waals surface area (Å²) in [5, 5.41) is 0. The zero-order chi connectivity index (χ0) is 14.0. The Hall–Kier alpha value is -0.980. The summed E-state index contributed by atoms with van der Waals surface area (Å²) in [5.41, 5.74) is 5.64. The highest BCUT2D eigenvalue weighted by atomic mass is 32.2. The van der Waals surface area contributed by atoms with Crippen LogP contribution in [0.3, 0.4) is 0 Å². The summed E-state index contributed by atoms with van der Waals surface area (Å²) in [7, 11) is -3.52. The maximum absolute atomic E-state index is 13.4. The van der Waals surface area contributed by atoms with Crippen molar-refractivity contribution in [3.63, 3.8) is 0 Å². The van der Waals surface area contributed by atoms with Gasteiger partial charge in [0.15, 0.2) is 0 Å². The topological polar surface area (TPSA) is 63.4 Å². The summed E-state index contributed by atoms with van der Waals surface area (Å²) in [6.07, 6.45) is 1.87. The number of halogens is 1. The van der Waals surface area contributed by atoms with Gasteiger partial charge in [-0.15, -0.1) is 0 Å². The fraction of sp³-hybridized carbons (Fsp3) is 0.538. The molecular formula is C13H19FN2O2S. The maximum atomic E-state index is 13.4. The lowest BCUT2D eigenvalue weighted by Crippen LogP contribution is -2.29. The molecule has 1 atom stereocenters. The second kappa shape index (κ2) is 5.56. The predicted molar refractivity (Wildman–Crippen MR) is 71.4 cm³/mol. The molecule has 1 fully saturated rings. The standard InChI is InChI=1S/C13H19FN2O2S/c1-2-10-5-6-16(9-10)19(17,18)12-3-4-13(14)11(7-12)8-15/h3-4,7,10H,2,5-6,8-9,15H2,1H3. The molecule has 4 nitrogen and oxygen atoms in total. The molecule has 1 heterocycles. The molecule has 0 amide bonds. The van der Waals surface area contributed by atoms with Crippen molar-refractivity contribution < 1.29 is 12.8 Å². The van der Waals surface area contributed by atoms with Gasteiger partial charge in [-0.25, -0.2) is 12.8 Å². The zero-order valence-electron chi connectivity index (χ0n) is 11.0. The van der Waals surface area contributed by atoms with Crippen LogP contribution in [0.5, 0.6) is 0 Å². The monoisotopic (exact) mass is 286 g/mol. The Kier molecular flexibility index (Phi) is 4.23. The van der Waals surface area contributed by atoms with Gasteiger partial charge in [-0.05, 0) is 30.5 Å². The molecular weight excluding hydrogens is 267 g/mol. The van der Waals surface area contributed by atoms with E-state index in [1.807, 2.05) is 0 Å². The average Bonchev–Trinajstić information content (AvgIpc) is 2.88. The first-order valence-corrected chi connectivity index (χ1v) is 7.91. The van der Waals surface area contributed by atoms with Gasteiger partial charge in [0.25, 0.3) is 0 Å². The van der Waals surface area contributed by atoms with Crippen molar-refractivity contribution in [1.82, 2.24) is 4.31 Å². The molecule has 0 aromatic heterocycles. The van der Waals surface area contributed by atoms with Gasteiger partial charge >= 0.3 is 0 Å². The van der Waals surface area contributed by atoms with Crippen LogP contribution in [0.1, 0.15) is 25.3 Å². The van der Waals surface area contributed by atoms with Gasteiger partial charge in [-0.3, -0.25) is 0 Å². The first-order chi connectivity index (χ1) is 8.98. The molecule has 19 heavy (non-hydrogen) atoms. The van der Waals surface area contributed by atoms with Gasteiger partial charge in [0.05, 0.1) is 4.90 Å². The normalized spacial score (nSPS) is 20.9. The summed E-state index contributed by atoms with van der Waals surface area (Å²) in [6, 6.07) is 3.81. The summed E-state index contributed by atoms with van der Waals surface area (Å²) < 4.78 is 39.7. The molecule has 6 heteroatoms. The van der Waals surface area contributed by atoms with Crippen molar-refractivity contribution in [3.8, 4) is 0 Å². The van der Waals surface area contributed by atoms with E-state index < -0.39 is 15.8 Å². The van der Waals surface area contributed by atoms with E-state index >= 15 is 0 Å². The van der Waals surface area contributed by atoms with Crippen molar-refractivity contribution in [2.75, 3.05) is 13.1 Å². The highest BCUT2D eigenvalue weighted by Gasteiger charge is 2.31. The Bertz CT molecular complexity index is 560. The largest absolute Gasteiger partial charge is 0.326 e. The van der Waals surface area contributed by atoms with E-state index in [-0.39, 0.29) is 17.0 Å². The Morgan fingerprint density at radius 1 is 1.47 bits per heavy atom. The average molecular weight is 286 g/mol. The van der Waals surface area contributed by atoms with Gasteiger partial charge in [0, 0.05) is 25.2 Å². The molecule has 106 valence electrons. The second-order valence-electron chi connectivity index (χ2n) is 4.88. The molecule has 1 unspecified atom stereocenters. The number of sulfonamides is 1. The molecule has 1 saturated heterocycles. The Morgan fingerprint density at radius 3 is 2.79 bits per heavy atom. The Labute approximate surface area is 113 Å². The second-order valence-corrected chi connectivity index (χ2v) is 6.82. The van der Waals surface area contributed by atoms with Gasteiger partial charge in [-0.2, -0.15) is 4.31 Å². The first kappa shape index (κ1) is 14.4. The van der Waals surface area contributed by atoms with E-state index in [4.69, 9.17) is 5.73 Å². The molecule has 2 rings (SSSR count). The van der Waals surface area contributed by atoms with Crippen LogP contribution in [0.15, 0.2) is 23.1 Å². The minimum absolute atomic E-state index is 0.00716. The van der Waals surface area contributed by atoms with E-state index in [1.54, 1.807) is 0 Å². The zero-order valence-corrected chi connectivity index (χ0v) is 11.8. The minimum atomic E-state index is -3.52. The van der Waals surface area contributed by atoms with E-state index in [9.17, 15) is 12.8 Å². The lowest BCUT2D eigenvalue weighted by atomic mass is 10.1. The minimum Gasteiger partial charge on any atom is -0.326 e. The first-order valence-electron chi connectivity index (χ1n) is 6.47. The predicted octanol–water partition coefficient (Wildman–Crippen LogP) is 1.71. The van der Waals surface area contributed by atoms with Crippen molar-refractivity contribution >= 4 is 10.0 Å². The van der Waals surface area contributed by atoms with Gasteiger partial charge in [0.2, 0.25) is 10.0 Å². The van der Waals surface area contributed by atoms with Crippen molar-refractivity contribution in [1.29, 1.82) is 0 Å². The molecule has 1 aliphatic rings. The van der Waals surface area contributed by atoms with Crippen LogP contribution >= 0.6 is 0 Å². The maximum Gasteiger partial charge on any atom is 0.243 e. The van der Waals surface area contributed by atoms with Crippen LogP contribution in [0.25, 0.3) is 0 Å². The number of nitrogens with zero attached hydrogens (tertiary/aromatic N) is 1. The Morgan fingerprint density at radius 2 is 2.21 bits per heavy atom. The van der Waals surface area contributed by atoms with E-state index in [2.05, 4.69) is 6.92 Å². The molecule has 1 aromatic carbocycles. The Balaban J connectivity index is 2.30. The molecule has 0 radical (unpaired) electrons. The van der Waals surface area contributed by atoms with Crippen molar-refractivity contribution in [2.45, 2.75) is 31.2 Å². The molecule has 0 bridgehead atoms. The lowest BCUT2D eigenvalue weighted by molar-refractivity contribution is 0.452. The smallest absolute Gasteiger partial charge is 0.243 e. The van der Waals surface area contributed by atoms with E-state index in [1.165, 1.54) is 22.5 Å². The lowest BCUT2D eigenvalue weighted by Gasteiger charge is -2.17. The third-order valence-corrected chi connectivity index (χ3v) is 5.56.